The molecule has 2 rings (SSSR count). The van der Waals surface area contributed by atoms with Gasteiger partial charge in [-0.1, -0.05) is 25.2 Å². The lowest BCUT2D eigenvalue weighted by Gasteiger charge is -2.37. The zero-order valence-corrected chi connectivity index (χ0v) is 10.9. The maximum Gasteiger partial charge on any atom is 0.249 e. The maximum atomic E-state index is 12.6. The Morgan fingerprint density at radius 1 is 1.28 bits per heavy atom. The Kier molecular flexibility index (Phi) is 3.90. The molecule has 0 aromatic rings. The molecule has 4 nitrogen and oxygen atoms in total. The van der Waals surface area contributed by atoms with E-state index in [1.165, 1.54) is 0 Å². The zero-order valence-electron chi connectivity index (χ0n) is 10.9. The zero-order chi connectivity index (χ0) is 13.0. The largest absolute Gasteiger partial charge is 0.342 e. The van der Waals surface area contributed by atoms with Gasteiger partial charge in [0.05, 0.1) is 6.54 Å². The third-order valence-corrected chi connectivity index (χ3v) is 3.84. The molecule has 1 aliphatic carbocycles. The van der Waals surface area contributed by atoms with E-state index in [1.54, 1.807) is 11.8 Å². The van der Waals surface area contributed by atoms with Crippen LogP contribution in [0.15, 0.2) is 0 Å². The van der Waals surface area contributed by atoms with Gasteiger partial charge in [-0.2, -0.15) is 0 Å². The van der Waals surface area contributed by atoms with Crippen LogP contribution in [0.3, 0.4) is 0 Å². The predicted molar refractivity (Wildman–Crippen MR) is 68.6 cm³/mol. The van der Waals surface area contributed by atoms with E-state index in [0.717, 1.165) is 32.1 Å². The molecule has 2 amide bonds. The van der Waals surface area contributed by atoms with E-state index in [4.69, 9.17) is 0 Å². The number of carbonyl (C=O) groups is 2. The van der Waals surface area contributed by atoms with Gasteiger partial charge in [-0.3, -0.25) is 9.59 Å². The highest BCUT2D eigenvalue weighted by molar-refractivity contribution is 5.93. The summed E-state index contributed by atoms with van der Waals surface area (Å²) in [5, 5.41) is 2.97. The molecule has 0 radical (unpaired) electrons. The lowest BCUT2D eigenvalue weighted by molar-refractivity contribution is -0.139. The fraction of sp³-hybridized carbons (Fsp3) is 0.714. The number of rotatable bonds is 1. The van der Waals surface area contributed by atoms with E-state index < -0.39 is 5.54 Å². The van der Waals surface area contributed by atoms with Gasteiger partial charge in [0.25, 0.3) is 0 Å². The first-order valence-corrected chi connectivity index (χ1v) is 6.68. The van der Waals surface area contributed by atoms with Crippen molar-refractivity contribution >= 4 is 11.8 Å². The van der Waals surface area contributed by atoms with Crippen molar-refractivity contribution in [3.63, 3.8) is 0 Å². The number of carbonyl (C=O) groups excluding carboxylic acids is 2. The molecule has 2 aliphatic rings. The second-order valence-electron chi connectivity index (χ2n) is 5.09. The van der Waals surface area contributed by atoms with Crippen LogP contribution in [0.1, 0.15) is 45.4 Å². The topological polar surface area (TPSA) is 49.4 Å². The molecule has 0 aromatic carbocycles. The highest BCUT2D eigenvalue weighted by Gasteiger charge is 2.44. The van der Waals surface area contributed by atoms with Crippen LogP contribution in [0.4, 0.5) is 0 Å². The highest BCUT2D eigenvalue weighted by atomic mass is 16.2. The lowest BCUT2D eigenvalue weighted by atomic mass is 9.80. The third-order valence-electron chi connectivity index (χ3n) is 3.84. The summed E-state index contributed by atoms with van der Waals surface area (Å²) in [7, 11) is 0. The quantitative estimate of drug-likeness (QED) is 0.705. The van der Waals surface area contributed by atoms with E-state index in [9.17, 15) is 9.59 Å². The monoisotopic (exact) mass is 248 g/mol. The molecule has 1 N–H and O–H groups in total. The Bertz CT molecular complexity index is 400. The van der Waals surface area contributed by atoms with Crippen LogP contribution in [0.5, 0.6) is 0 Å². The first-order valence-electron chi connectivity index (χ1n) is 6.68. The summed E-state index contributed by atoms with van der Waals surface area (Å²) in [5.41, 5.74) is -0.638. The first-order chi connectivity index (χ1) is 8.68. The van der Waals surface area contributed by atoms with Gasteiger partial charge in [-0.15, -0.1) is 5.92 Å². The van der Waals surface area contributed by atoms with Gasteiger partial charge >= 0.3 is 0 Å². The smallest absolute Gasteiger partial charge is 0.249 e. The first kappa shape index (κ1) is 12.9. The third kappa shape index (κ3) is 2.50. The predicted octanol–water partition coefficient (Wildman–Crippen LogP) is 1.06. The average molecular weight is 248 g/mol. The molecule has 98 valence electrons. The van der Waals surface area contributed by atoms with Crippen molar-refractivity contribution in [2.75, 3.05) is 13.1 Å². The minimum absolute atomic E-state index is 0.00259. The minimum Gasteiger partial charge on any atom is -0.342 e. The number of hydrogen-bond acceptors (Lipinski definition) is 2. The van der Waals surface area contributed by atoms with Crippen molar-refractivity contribution in [1.29, 1.82) is 0 Å². The number of nitrogens with one attached hydrogen (secondary N) is 1. The molecule has 0 unspecified atom stereocenters. The van der Waals surface area contributed by atoms with Gasteiger partial charge in [-0.25, -0.2) is 0 Å². The van der Waals surface area contributed by atoms with Crippen molar-refractivity contribution < 1.29 is 9.59 Å². The fourth-order valence-electron chi connectivity index (χ4n) is 2.84. The van der Waals surface area contributed by atoms with E-state index in [0.29, 0.717) is 19.5 Å². The van der Waals surface area contributed by atoms with Crippen molar-refractivity contribution in [2.24, 2.45) is 0 Å². The second-order valence-corrected chi connectivity index (χ2v) is 5.09. The van der Waals surface area contributed by atoms with E-state index >= 15 is 0 Å². The Labute approximate surface area is 108 Å². The summed E-state index contributed by atoms with van der Waals surface area (Å²) < 4.78 is 0. The molecule has 1 saturated carbocycles. The van der Waals surface area contributed by atoms with Crippen molar-refractivity contribution in [3.8, 4) is 11.8 Å². The molecule has 0 atom stereocenters. The van der Waals surface area contributed by atoms with Crippen LogP contribution in [-0.4, -0.2) is 35.3 Å². The second kappa shape index (κ2) is 5.43. The number of amides is 2. The van der Waals surface area contributed by atoms with Gasteiger partial charge in [0.2, 0.25) is 11.8 Å². The van der Waals surface area contributed by atoms with Gasteiger partial charge in [0.15, 0.2) is 0 Å². The molecule has 2 fully saturated rings. The average Bonchev–Trinajstić information content (AvgIpc) is 2.48. The summed E-state index contributed by atoms with van der Waals surface area (Å²) in [4.78, 5) is 26.1. The lowest BCUT2D eigenvalue weighted by Crippen LogP contribution is -2.58. The summed E-state index contributed by atoms with van der Waals surface area (Å²) in [6, 6.07) is 0. The molecule has 1 saturated heterocycles. The Morgan fingerprint density at radius 3 is 2.67 bits per heavy atom. The Balaban J connectivity index is 2.21. The molecule has 0 bridgehead atoms. The molecule has 1 aliphatic heterocycles. The normalized spacial score (nSPS) is 23.1. The fourth-order valence-corrected chi connectivity index (χ4v) is 2.84. The number of nitrogens with zero attached hydrogens (tertiary/aromatic N) is 1. The molecule has 0 aromatic heterocycles. The summed E-state index contributed by atoms with van der Waals surface area (Å²) in [6.07, 6.45) is 5.11. The van der Waals surface area contributed by atoms with Crippen LogP contribution < -0.4 is 5.32 Å². The van der Waals surface area contributed by atoms with Crippen molar-refractivity contribution in [1.82, 2.24) is 10.2 Å². The van der Waals surface area contributed by atoms with Gasteiger partial charge in [-0.05, 0) is 19.8 Å². The van der Waals surface area contributed by atoms with Crippen LogP contribution >= 0.6 is 0 Å². The highest BCUT2D eigenvalue weighted by Crippen LogP contribution is 2.31. The minimum atomic E-state index is -0.638. The van der Waals surface area contributed by atoms with Gasteiger partial charge < -0.3 is 10.2 Å². The summed E-state index contributed by atoms with van der Waals surface area (Å²) >= 11 is 0. The maximum absolute atomic E-state index is 12.6. The molecule has 4 heteroatoms. The van der Waals surface area contributed by atoms with Crippen LogP contribution in [-0.2, 0) is 9.59 Å². The van der Waals surface area contributed by atoms with Crippen molar-refractivity contribution in [2.45, 2.75) is 51.0 Å². The SMILES string of the molecule is CC#CCN1CCC(=O)NC2(CCCCC2)C1=O. The molecule has 1 spiro atoms. The Hall–Kier alpha value is -1.50. The van der Waals surface area contributed by atoms with Gasteiger partial charge in [0.1, 0.15) is 5.54 Å². The molecule has 1 heterocycles. The van der Waals surface area contributed by atoms with Crippen LogP contribution in [0, 0.1) is 11.8 Å². The molecule has 18 heavy (non-hydrogen) atoms. The van der Waals surface area contributed by atoms with E-state index in [1.807, 2.05) is 0 Å². The van der Waals surface area contributed by atoms with Crippen molar-refractivity contribution in [3.05, 3.63) is 0 Å². The molecular weight excluding hydrogens is 228 g/mol. The standard InChI is InChI=1S/C14H20N2O2/c1-2-3-10-16-11-7-12(17)15-14(13(16)18)8-5-4-6-9-14/h4-11H2,1H3,(H,15,17). The van der Waals surface area contributed by atoms with Gasteiger partial charge in [0, 0.05) is 13.0 Å². The summed E-state index contributed by atoms with van der Waals surface area (Å²) in [6.45, 7) is 2.69. The van der Waals surface area contributed by atoms with Crippen LogP contribution in [0.25, 0.3) is 0 Å². The van der Waals surface area contributed by atoms with Crippen LogP contribution in [0.2, 0.25) is 0 Å². The summed E-state index contributed by atoms with van der Waals surface area (Å²) in [5.74, 6) is 5.80. The molecular formula is C14H20N2O2. The number of hydrogen-bond donors (Lipinski definition) is 1. The van der Waals surface area contributed by atoms with E-state index in [2.05, 4.69) is 17.2 Å². The Morgan fingerprint density at radius 2 is 2.00 bits per heavy atom. The van der Waals surface area contributed by atoms with E-state index in [-0.39, 0.29) is 11.8 Å².